The van der Waals surface area contributed by atoms with Crippen molar-refractivity contribution in [3.8, 4) is 0 Å². The normalized spacial score (nSPS) is 31.7. The fraction of sp³-hybridized carbons (Fsp3) is 0.739. The quantitative estimate of drug-likeness (QED) is 0.722. The lowest BCUT2D eigenvalue weighted by atomic mass is 9.50. The Hall–Kier alpha value is -0.860. The first-order valence-electron chi connectivity index (χ1n) is 10.3. The van der Waals surface area contributed by atoms with E-state index in [-0.39, 0.29) is 0 Å². The molecule has 1 aromatic carbocycles. The number of benzene rings is 1. The maximum Gasteiger partial charge on any atom is 0.0522 e. The van der Waals surface area contributed by atoms with E-state index in [4.69, 9.17) is 10.5 Å². The van der Waals surface area contributed by atoms with Crippen LogP contribution in [0.5, 0.6) is 0 Å². The van der Waals surface area contributed by atoms with Crippen LogP contribution in [0.15, 0.2) is 18.2 Å². The first kappa shape index (κ1) is 18.9. The van der Waals surface area contributed by atoms with E-state index in [0.717, 1.165) is 32.1 Å². The van der Waals surface area contributed by atoms with Crippen LogP contribution in [-0.4, -0.2) is 19.8 Å². The Labute approximate surface area is 154 Å². The Morgan fingerprint density at radius 1 is 1.24 bits per heavy atom. The van der Waals surface area contributed by atoms with Gasteiger partial charge in [-0.05, 0) is 78.0 Å². The number of hydrogen-bond donors (Lipinski definition) is 1. The Balaban J connectivity index is 1.85. The molecule has 140 valence electrons. The molecule has 0 bridgehead atoms. The van der Waals surface area contributed by atoms with Crippen molar-refractivity contribution in [1.29, 1.82) is 0 Å². The van der Waals surface area contributed by atoms with Crippen LogP contribution in [0, 0.1) is 11.3 Å². The van der Waals surface area contributed by atoms with Crippen LogP contribution in [0.2, 0.25) is 0 Å². The molecule has 1 fully saturated rings. The molecule has 0 aliphatic heterocycles. The molecule has 3 atom stereocenters. The van der Waals surface area contributed by atoms with Gasteiger partial charge in [-0.15, -0.1) is 0 Å². The lowest BCUT2D eigenvalue weighted by molar-refractivity contribution is -0.0464. The molecule has 2 N–H and O–H groups in total. The number of ether oxygens (including phenoxy) is 1. The molecule has 0 unspecified atom stereocenters. The second kappa shape index (κ2) is 7.40. The van der Waals surface area contributed by atoms with Crippen molar-refractivity contribution >= 4 is 0 Å². The van der Waals surface area contributed by atoms with Gasteiger partial charge >= 0.3 is 0 Å². The fourth-order valence-corrected chi connectivity index (χ4v) is 5.67. The van der Waals surface area contributed by atoms with Crippen molar-refractivity contribution in [3.05, 3.63) is 34.9 Å². The molecule has 0 spiro atoms. The maximum absolute atomic E-state index is 6.07. The van der Waals surface area contributed by atoms with E-state index >= 15 is 0 Å². The third-order valence-corrected chi connectivity index (χ3v) is 7.09. The molecule has 1 aromatic rings. The Morgan fingerprint density at radius 2 is 2.04 bits per heavy atom. The summed E-state index contributed by atoms with van der Waals surface area (Å²) in [5.74, 6) is 1.34. The molecule has 1 saturated carbocycles. The molecule has 0 aromatic heterocycles. The van der Waals surface area contributed by atoms with Gasteiger partial charge in [-0.2, -0.15) is 0 Å². The number of hydrogen-bond acceptors (Lipinski definition) is 2. The monoisotopic (exact) mass is 343 g/mol. The smallest absolute Gasteiger partial charge is 0.0522 e. The van der Waals surface area contributed by atoms with Crippen LogP contribution in [0.4, 0.5) is 0 Å². The van der Waals surface area contributed by atoms with E-state index in [0.29, 0.717) is 16.7 Å². The summed E-state index contributed by atoms with van der Waals surface area (Å²) in [5.41, 5.74) is 11.0. The molecule has 2 aliphatic rings. The lowest BCUT2D eigenvalue weighted by Crippen LogP contribution is -2.51. The van der Waals surface area contributed by atoms with E-state index in [1.807, 2.05) is 0 Å². The second-order valence-electron chi connectivity index (χ2n) is 9.28. The van der Waals surface area contributed by atoms with Gasteiger partial charge < -0.3 is 10.5 Å². The molecule has 0 amide bonds. The first-order chi connectivity index (χ1) is 11.9. The van der Waals surface area contributed by atoms with Crippen LogP contribution in [0.1, 0.15) is 82.4 Å². The van der Waals surface area contributed by atoms with Crippen LogP contribution >= 0.6 is 0 Å². The topological polar surface area (TPSA) is 35.2 Å². The molecule has 0 saturated heterocycles. The van der Waals surface area contributed by atoms with E-state index in [1.54, 1.807) is 11.1 Å². The molecule has 2 heteroatoms. The minimum atomic E-state index is 0.302. The van der Waals surface area contributed by atoms with E-state index < -0.39 is 0 Å². The highest BCUT2D eigenvalue weighted by Gasteiger charge is 2.51. The lowest BCUT2D eigenvalue weighted by Gasteiger charge is -2.55. The average molecular weight is 344 g/mol. The summed E-state index contributed by atoms with van der Waals surface area (Å²) in [5, 5.41) is 0. The van der Waals surface area contributed by atoms with Gasteiger partial charge in [-0.3, -0.25) is 0 Å². The highest BCUT2D eigenvalue weighted by Crippen LogP contribution is 2.57. The summed E-state index contributed by atoms with van der Waals surface area (Å²) in [6, 6.07) is 7.32. The summed E-state index contributed by atoms with van der Waals surface area (Å²) >= 11 is 0. The van der Waals surface area contributed by atoms with Crippen molar-refractivity contribution in [2.45, 2.75) is 77.6 Å². The summed E-state index contributed by atoms with van der Waals surface area (Å²) in [4.78, 5) is 0. The zero-order valence-electron chi connectivity index (χ0n) is 16.7. The van der Waals surface area contributed by atoms with Crippen LogP contribution < -0.4 is 5.73 Å². The Bertz CT molecular complexity index is 596. The van der Waals surface area contributed by atoms with Gasteiger partial charge in [0.25, 0.3) is 0 Å². The van der Waals surface area contributed by atoms with Crippen molar-refractivity contribution in [3.63, 3.8) is 0 Å². The van der Waals surface area contributed by atoms with Crippen LogP contribution in [0.25, 0.3) is 0 Å². The third kappa shape index (κ3) is 3.53. The van der Waals surface area contributed by atoms with Gasteiger partial charge in [0.2, 0.25) is 0 Å². The van der Waals surface area contributed by atoms with Crippen molar-refractivity contribution < 1.29 is 4.74 Å². The molecule has 2 nitrogen and oxygen atoms in total. The molecule has 3 rings (SSSR count). The number of rotatable bonds is 6. The zero-order valence-corrected chi connectivity index (χ0v) is 16.7. The molecule has 0 radical (unpaired) electrons. The van der Waals surface area contributed by atoms with E-state index in [2.05, 4.69) is 45.9 Å². The van der Waals surface area contributed by atoms with Crippen molar-refractivity contribution in [2.24, 2.45) is 17.1 Å². The van der Waals surface area contributed by atoms with Gasteiger partial charge in [0, 0.05) is 6.61 Å². The zero-order chi connectivity index (χ0) is 18.1. The maximum atomic E-state index is 6.07. The highest BCUT2D eigenvalue weighted by atomic mass is 16.5. The number of fused-ring (bicyclic) bond motifs is 3. The van der Waals surface area contributed by atoms with Crippen molar-refractivity contribution in [1.82, 2.24) is 0 Å². The standard InChI is InChI=1S/C23H37NO/c1-17(2)18-7-9-20-19(15-18)8-10-21-22(3,16-25-14-6-13-24)11-5-12-23(20,21)4/h7,9,15,17,21H,5-6,8,10-14,16,24H2,1-4H3/t21-,22-,23+/m0/s1. The highest BCUT2D eigenvalue weighted by molar-refractivity contribution is 5.42. The van der Waals surface area contributed by atoms with Crippen LogP contribution in [-0.2, 0) is 16.6 Å². The van der Waals surface area contributed by atoms with Gasteiger partial charge in [-0.25, -0.2) is 0 Å². The first-order valence-corrected chi connectivity index (χ1v) is 10.3. The predicted molar refractivity (Wildman–Crippen MR) is 106 cm³/mol. The number of nitrogens with two attached hydrogens (primary N) is 1. The second-order valence-corrected chi connectivity index (χ2v) is 9.28. The fourth-order valence-electron chi connectivity index (χ4n) is 5.67. The third-order valence-electron chi connectivity index (χ3n) is 7.09. The van der Waals surface area contributed by atoms with Gasteiger partial charge in [0.1, 0.15) is 0 Å². The molecule has 2 aliphatic carbocycles. The molecular weight excluding hydrogens is 306 g/mol. The summed E-state index contributed by atoms with van der Waals surface area (Å²) in [7, 11) is 0. The van der Waals surface area contributed by atoms with Gasteiger partial charge in [-0.1, -0.05) is 52.3 Å². The van der Waals surface area contributed by atoms with E-state index in [9.17, 15) is 0 Å². The minimum absolute atomic E-state index is 0.302. The molecule has 25 heavy (non-hydrogen) atoms. The molecular formula is C23H37NO. The van der Waals surface area contributed by atoms with Gasteiger partial charge in [0.15, 0.2) is 0 Å². The predicted octanol–water partition coefficient (Wildman–Crippen LogP) is 5.19. The van der Waals surface area contributed by atoms with Gasteiger partial charge in [0.05, 0.1) is 6.61 Å². The minimum Gasteiger partial charge on any atom is -0.381 e. The SMILES string of the molecule is CC(C)c1ccc2c(c1)CC[C@H]1[C@](C)(COCCCN)CCC[C@]21C. The summed E-state index contributed by atoms with van der Waals surface area (Å²) in [6.07, 6.45) is 7.45. The van der Waals surface area contributed by atoms with E-state index in [1.165, 1.54) is 37.7 Å². The largest absolute Gasteiger partial charge is 0.381 e. The van der Waals surface area contributed by atoms with Crippen molar-refractivity contribution in [2.75, 3.05) is 19.8 Å². The summed E-state index contributed by atoms with van der Waals surface area (Å²) < 4.78 is 6.07. The average Bonchev–Trinajstić information content (AvgIpc) is 2.58. The summed E-state index contributed by atoms with van der Waals surface area (Å²) in [6.45, 7) is 12.0. The number of aryl methyl sites for hydroxylation is 1. The van der Waals surface area contributed by atoms with Crippen LogP contribution in [0.3, 0.4) is 0 Å². The molecule has 0 heterocycles. The Kier molecular flexibility index (Phi) is 5.60. The Morgan fingerprint density at radius 3 is 2.76 bits per heavy atom.